The smallest absolute Gasteiger partial charge is 0.335 e. The van der Waals surface area contributed by atoms with E-state index < -0.39 is 17.8 Å². The molecule has 0 unspecified atom stereocenters. The van der Waals surface area contributed by atoms with Crippen molar-refractivity contribution in [3.05, 3.63) is 107 Å². The summed E-state index contributed by atoms with van der Waals surface area (Å²) in [6.07, 6.45) is 1.44. The molecule has 0 atom stereocenters. The minimum absolute atomic E-state index is 0.156. The second-order valence-corrected chi connectivity index (χ2v) is 9.01. The molecule has 0 radical (unpaired) electrons. The number of barbiturate groups is 1. The highest BCUT2D eigenvalue weighted by Gasteiger charge is 2.37. The largest absolute Gasteiger partial charge is 0.493 e. The van der Waals surface area contributed by atoms with E-state index in [2.05, 4.69) is 23.5 Å². The predicted octanol–water partition coefficient (Wildman–Crippen LogP) is 5.71. The third-order valence-corrected chi connectivity index (χ3v) is 6.68. The summed E-state index contributed by atoms with van der Waals surface area (Å²) in [5, 5.41) is 4.51. The van der Waals surface area contributed by atoms with Crippen LogP contribution in [0.15, 0.2) is 84.4 Å². The van der Waals surface area contributed by atoms with Crippen LogP contribution in [0.2, 0.25) is 0 Å². The van der Waals surface area contributed by atoms with Gasteiger partial charge in [0.25, 0.3) is 11.8 Å². The Labute approximate surface area is 220 Å². The van der Waals surface area contributed by atoms with Crippen molar-refractivity contribution in [2.45, 2.75) is 20.5 Å². The van der Waals surface area contributed by atoms with Crippen LogP contribution in [0.3, 0.4) is 0 Å². The lowest BCUT2D eigenvalue weighted by Gasteiger charge is -2.28. The number of ether oxygens (including phenoxy) is 2. The normalized spacial score (nSPS) is 14.7. The first-order valence-electron chi connectivity index (χ1n) is 12.1. The Morgan fingerprint density at radius 2 is 1.63 bits per heavy atom. The first-order chi connectivity index (χ1) is 18.4. The van der Waals surface area contributed by atoms with Gasteiger partial charge in [0.2, 0.25) is 0 Å². The van der Waals surface area contributed by atoms with Crippen LogP contribution in [-0.2, 0) is 16.2 Å². The molecular weight excluding hydrogens is 480 g/mol. The van der Waals surface area contributed by atoms with Gasteiger partial charge in [0, 0.05) is 0 Å². The number of urea groups is 1. The minimum Gasteiger partial charge on any atom is -0.493 e. The number of carbonyl (C=O) groups is 3. The number of anilines is 1. The van der Waals surface area contributed by atoms with Crippen molar-refractivity contribution < 1.29 is 23.9 Å². The Kier molecular flexibility index (Phi) is 6.66. The average molecular weight is 507 g/mol. The molecule has 1 saturated heterocycles. The van der Waals surface area contributed by atoms with E-state index >= 15 is 0 Å². The van der Waals surface area contributed by atoms with Gasteiger partial charge in [0.15, 0.2) is 11.5 Å². The van der Waals surface area contributed by atoms with Gasteiger partial charge in [-0.05, 0) is 71.1 Å². The van der Waals surface area contributed by atoms with Crippen molar-refractivity contribution in [2.75, 3.05) is 12.0 Å². The number of amides is 4. The summed E-state index contributed by atoms with van der Waals surface area (Å²) in [6.45, 7) is 4.06. The number of carbonyl (C=O) groups excluding carboxylic acids is 3. The first-order valence-corrected chi connectivity index (χ1v) is 12.1. The molecule has 38 heavy (non-hydrogen) atoms. The molecule has 5 rings (SSSR count). The summed E-state index contributed by atoms with van der Waals surface area (Å²) in [4.78, 5) is 39.6. The highest BCUT2D eigenvalue weighted by Crippen LogP contribution is 2.32. The van der Waals surface area contributed by atoms with Gasteiger partial charge in [-0.15, -0.1) is 0 Å². The van der Waals surface area contributed by atoms with Gasteiger partial charge in [0.1, 0.15) is 12.2 Å². The van der Waals surface area contributed by atoms with Crippen molar-refractivity contribution >= 4 is 40.4 Å². The zero-order chi connectivity index (χ0) is 26.8. The lowest BCUT2D eigenvalue weighted by Crippen LogP contribution is -2.54. The summed E-state index contributed by atoms with van der Waals surface area (Å²) in [6, 6.07) is 23.9. The van der Waals surface area contributed by atoms with Crippen LogP contribution in [0.4, 0.5) is 10.5 Å². The second kappa shape index (κ2) is 10.2. The van der Waals surface area contributed by atoms with Gasteiger partial charge in [-0.3, -0.25) is 14.9 Å². The van der Waals surface area contributed by atoms with E-state index in [1.807, 2.05) is 44.2 Å². The van der Waals surface area contributed by atoms with E-state index in [4.69, 9.17) is 9.47 Å². The maximum absolute atomic E-state index is 13.3. The van der Waals surface area contributed by atoms with E-state index in [1.165, 1.54) is 13.2 Å². The van der Waals surface area contributed by atoms with Crippen molar-refractivity contribution in [1.29, 1.82) is 0 Å². The van der Waals surface area contributed by atoms with E-state index in [9.17, 15) is 14.4 Å². The van der Waals surface area contributed by atoms with Crippen molar-refractivity contribution in [3.8, 4) is 11.5 Å². The molecule has 1 heterocycles. The number of benzene rings is 4. The van der Waals surface area contributed by atoms with Crippen molar-refractivity contribution in [3.63, 3.8) is 0 Å². The summed E-state index contributed by atoms with van der Waals surface area (Å²) in [5.74, 6) is -0.473. The Morgan fingerprint density at radius 3 is 2.45 bits per heavy atom. The molecule has 4 amide bonds. The van der Waals surface area contributed by atoms with Gasteiger partial charge >= 0.3 is 6.03 Å². The number of nitrogens with zero attached hydrogens (tertiary/aromatic N) is 1. The number of rotatable bonds is 6. The summed E-state index contributed by atoms with van der Waals surface area (Å²) < 4.78 is 11.6. The monoisotopic (exact) mass is 506 g/mol. The van der Waals surface area contributed by atoms with E-state index in [-0.39, 0.29) is 5.57 Å². The molecule has 1 fully saturated rings. The SMILES string of the molecule is COc1cc(/C=C2\C(=O)NC(=O)N(c3cccc(C)c3C)C2=O)ccc1OCc1cccc2ccccc12. The molecule has 0 saturated carbocycles. The molecule has 190 valence electrons. The maximum atomic E-state index is 13.3. The molecule has 7 heteroatoms. The molecule has 1 N–H and O–H groups in total. The van der Waals surface area contributed by atoms with Crippen LogP contribution in [-0.4, -0.2) is 25.0 Å². The van der Waals surface area contributed by atoms with E-state index in [1.54, 1.807) is 30.3 Å². The molecule has 7 nitrogen and oxygen atoms in total. The Morgan fingerprint density at radius 1 is 0.868 bits per heavy atom. The number of nitrogens with one attached hydrogen (secondary N) is 1. The highest BCUT2D eigenvalue weighted by atomic mass is 16.5. The van der Waals surface area contributed by atoms with Crippen LogP contribution in [0.1, 0.15) is 22.3 Å². The predicted molar refractivity (Wildman–Crippen MR) is 146 cm³/mol. The zero-order valence-electron chi connectivity index (χ0n) is 21.3. The van der Waals surface area contributed by atoms with Gasteiger partial charge in [0.05, 0.1) is 12.8 Å². The Balaban J connectivity index is 1.42. The third kappa shape index (κ3) is 4.62. The van der Waals surface area contributed by atoms with E-state index in [0.717, 1.165) is 32.4 Å². The number of methoxy groups -OCH3 is 1. The number of aryl methyl sites for hydroxylation is 1. The van der Waals surface area contributed by atoms with Crippen LogP contribution in [0.5, 0.6) is 11.5 Å². The maximum Gasteiger partial charge on any atom is 0.335 e. The fourth-order valence-electron chi connectivity index (χ4n) is 4.49. The molecule has 0 bridgehead atoms. The summed E-state index contributed by atoms with van der Waals surface area (Å²) >= 11 is 0. The minimum atomic E-state index is -0.777. The van der Waals surface area contributed by atoms with Crippen molar-refractivity contribution in [2.24, 2.45) is 0 Å². The fraction of sp³-hybridized carbons (Fsp3) is 0.129. The van der Waals surface area contributed by atoms with Gasteiger partial charge in [-0.1, -0.05) is 60.7 Å². The topological polar surface area (TPSA) is 84.9 Å². The van der Waals surface area contributed by atoms with Gasteiger partial charge in [-0.2, -0.15) is 0 Å². The lowest BCUT2D eigenvalue weighted by molar-refractivity contribution is -0.122. The standard InChI is InChI=1S/C31H26N2O5/c1-19-8-6-13-26(20(19)2)33-30(35)25(29(34)32-31(33)36)16-21-14-15-27(28(17-21)37-3)38-18-23-11-7-10-22-9-4-5-12-24(22)23/h4-17H,18H2,1-3H3,(H,32,34,36)/b25-16+. The van der Waals surface area contributed by atoms with Crippen LogP contribution in [0, 0.1) is 13.8 Å². The molecule has 1 aliphatic heterocycles. The number of fused-ring (bicyclic) bond motifs is 1. The third-order valence-electron chi connectivity index (χ3n) is 6.68. The molecule has 0 aromatic heterocycles. The fourth-order valence-corrected chi connectivity index (χ4v) is 4.49. The first kappa shape index (κ1) is 24.8. The molecule has 0 spiro atoms. The molecule has 0 aliphatic carbocycles. The molecule has 4 aromatic rings. The average Bonchev–Trinajstić information content (AvgIpc) is 2.92. The molecular formula is C31H26N2O5. The zero-order valence-corrected chi connectivity index (χ0v) is 21.3. The lowest BCUT2D eigenvalue weighted by atomic mass is 10.0. The Bertz CT molecular complexity index is 1620. The number of hydrogen-bond donors (Lipinski definition) is 1. The number of hydrogen-bond acceptors (Lipinski definition) is 5. The Hall–Kier alpha value is -4.91. The number of imide groups is 2. The molecule has 4 aromatic carbocycles. The van der Waals surface area contributed by atoms with Crippen LogP contribution >= 0.6 is 0 Å². The quantitative estimate of drug-likeness (QED) is 0.267. The molecule has 1 aliphatic rings. The summed E-state index contributed by atoms with van der Waals surface area (Å²) in [7, 11) is 1.52. The summed E-state index contributed by atoms with van der Waals surface area (Å²) in [5.41, 5.74) is 3.57. The van der Waals surface area contributed by atoms with Crippen LogP contribution < -0.4 is 19.7 Å². The van der Waals surface area contributed by atoms with E-state index in [0.29, 0.717) is 29.4 Å². The van der Waals surface area contributed by atoms with Gasteiger partial charge in [-0.25, -0.2) is 9.69 Å². The second-order valence-electron chi connectivity index (χ2n) is 9.01. The van der Waals surface area contributed by atoms with Crippen molar-refractivity contribution in [1.82, 2.24) is 5.32 Å². The van der Waals surface area contributed by atoms with Crippen LogP contribution in [0.25, 0.3) is 16.8 Å². The highest BCUT2D eigenvalue weighted by molar-refractivity contribution is 6.39. The van der Waals surface area contributed by atoms with Gasteiger partial charge < -0.3 is 9.47 Å².